The van der Waals surface area contributed by atoms with Crippen molar-refractivity contribution in [3.8, 4) is 0 Å². The SMILES string of the molecule is O=C([O-])[C@@H]1[C@H](C(=O)Nc2ccc(Cl)cc2)[C@H]2CC[C@@H]1O2. The third-order valence-corrected chi connectivity index (χ3v) is 4.21. The first-order chi connectivity index (χ1) is 9.56. The molecule has 0 aromatic heterocycles. The Morgan fingerprint density at radius 3 is 2.35 bits per heavy atom. The number of carbonyl (C=O) groups excluding carboxylic acids is 2. The zero-order chi connectivity index (χ0) is 14.3. The van der Waals surface area contributed by atoms with Crippen LogP contribution in [0, 0.1) is 11.8 Å². The molecule has 20 heavy (non-hydrogen) atoms. The molecule has 1 aromatic carbocycles. The maximum atomic E-state index is 12.3. The van der Waals surface area contributed by atoms with Crippen molar-refractivity contribution in [3.63, 3.8) is 0 Å². The van der Waals surface area contributed by atoms with E-state index >= 15 is 0 Å². The van der Waals surface area contributed by atoms with Gasteiger partial charge in [0.15, 0.2) is 0 Å². The fourth-order valence-corrected chi connectivity index (χ4v) is 3.20. The molecule has 1 aromatic rings. The van der Waals surface area contributed by atoms with Gasteiger partial charge in [-0.2, -0.15) is 0 Å². The molecule has 0 spiro atoms. The second-order valence-corrected chi connectivity index (χ2v) is 5.59. The Hall–Kier alpha value is -1.59. The molecule has 3 rings (SSSR count). The van der Waals surface area contributed by atoms with Crippen LogP contribution in [0.4, 0.5) is 5.69 Å². The number of carboxylic acids is 1. The van der Waals surface area contributed by atoms with Crippen molar-refractivity contribution < 1.29 is 19.4 Å². The normalized spacial score (nSPS) is 31.2. The fraction of sp³-hybridized carbons (Fsp3) is 0.429. The van der Waals surface area contributed by atoms with Crippen LogP contribution in [0.15, 0.2) is 24.3 Å². The topological polar surface area (TPSA) is 78.5 Å². The van der Waals surface area contributed by atoms with Crippen LogP contribution in [0.1, 0.15) is 12.8 Å². The van der Waals surface area contributed by atoms with Crippen LogP contribution in [0.3, 0.4) is 0 Å². The number of nitrogens with one attached hydrogen (secondary N) is 1. The van der Waals surface area contributed by atoms with E-state index in [4.69, 9.17) is 16.3 Å². The van der Waals surface area contributed by atoms with Gasteiger partial charge in [0.2, 0.25) is 5.91 Å². The lowest BCUT2D eigenvalue weighted by molar-refractivity contribution is -0.313. The van der Waals surface area contributed by atoms with Crippen LogP contribution in [-0.4, -0.2) is 24.1 Å². The van der Waals surface area contributed by atoms with Gasteiger partial charge in [-0.05, 0) is 37.1 Å². The third kappa shape index (κ3) is 2.27. The Morgan fingerprint density at radius 1 is 1.15 bits per heavy atom. The second kappa shape index (κ2) is 5.07. The number of fused-ring (bicyclic) bond motifs is 2. The molecule has 2 bridgehead atoms. The number of anilines is 1. The summed E-state index contributed by atoms with van der Waals surface area (Å²) < 4.78 is 5.53. The molecule has 0 radical (unpaired) electrons. The Morgan fingerprint density at radius 2 is 1.75 bits per heavy atom. The summed E-state index contributed by atoms with van der Waals surface area (Å²) in [6, 6.07) is 6.65. The Kier molecular flexibility index (Phi) is 3.40. The summed E-state index contributed by atoms with van der Waals surface area (Å²) in [5.74, 6) is -3.10. The maximum Gasteiger partial charge on any atom is 0.230 e. The maximum absolute atomic E-state index is 12.3. The number of amides is 1. The van der Waals surface area contributed by atoms with Crippen LogP contribution in [0.5, 0.6) is 0 Å². The highest BCUT2D eigenvalue weighted by molar-refractivity contribution is 6.30. The molecule has 1 amide bonds. The Bertz CT molecular complexity index is 545. The highest BCUT2D eigenvalue weighted by Gasteiger charge is 2.52. The van der Waals surface area contributed by atoms with E-state index in [0.717, 1.165) is 0 Å². The van der Waals surface area contributed by atoms with E-state index in [9.17, 15) is 14.7 Å². The van der Waals surface area contributed by atoms with E-state index in [2.05, 4.69) is 5.32 Å². The van der Waals surface area contributed by atoms with Gasteiger partial charge in [0.1, 0.15) is 0 Å². The average molecular weight is 295 g/mol. The molecule has 0 saturated carbocycles. The molecule has 5 nitrogen and oxygen atoms in total. The second-order valence-electron chi connectivity index (χ2n) is 5.16. The summed E-state index contributed by atoms with van der Waals surface area (Å²) >= 11 is 5.77. The largest absolute Gasteiger partial charge is 0.550 e. The minimum absolute atomic E-state index is 0.324. The summed E-state index contributed by atoms with van der Waals surface area (Å²) in [4.78, 5) is 23.5. The molecule has 1 N–H and O–H groups in total. The molecule has 4 atom stereocenters. The summed E-state index contributed by atoms with van der Waals surface area (Å²) in [6.07, 6.45) is 0.669. The highest BCUT2D eigenvalue weighted by Crippen LogP contribution is 2.43. The van der Waals surface area contributed by atoms with E-state index in [1.165, 1.54) is 0 Å². The van der Waals surface area contributed by atoms with E-state index in [-0.39, 0.29) is 12.0 Å². The van der Waals surface area contributed by atoms with Crippen LogP contribution >= 0.6 is 11.6 Å². The summed E-state index contributed by atoms with van der Waals surface area (Å²) in [6.45, 7) is 0. The van der Waals surface area contributed by atoms with Gasteiger partial charge in [-0.25, -0.2) is 0 Å². The molecule has 2 aliphatic rings. The summed E-state index contributed by atoms with van der Waals surface area (Å²) in [5, 5.41) is 14.5. The molecular formula is C14H13ClNO4-. The van der Waals surface area contributed by atoms with Crippen LogP contribution in [-0.2, 0) is 14.3 Å². The lowest BCUT2D eigenvalue weighted by atomic mass is 9.78. The number of rotatable bonds is 3. The fourth-order valence-electron chi connectivity index (χ4n) is 3.07. The van der Waals surface area contributed by atoms with Gasteiger partial charge in [0.05, 0.1) is 18.1 Å². The molecular weight excluding hydrogens is 282 g/mol. The number of hydrogen-bond donors (Lipinski definition) is 1. The average Bonchev–Trinajstić information content (AvgIpc) is 3.01. The molecule has 0 aliphatic carbocycles. The van der Waals surface area contributed by atoms with Gasteiger partial charge in [-0.3, -0.25) is 4.79 Å². The van der Waals surface area contributed by atoms with E-state index in [0.29, 0.717) is 23.6 Å². The van der Waals surface area contributed by atoms with Crippen LogP contribution < -0.4 is 10.4 Å². The van der Waals surface area contributed by atoms with Crippen molar-refractivity contribution in [1.82, 2.24) is 0 Å². The van der Waals surface area contributed by atoms with Crippen molar-refractivity contribution in [3.05, 3.63) is 29.3 Å². The smallest absolute Gasteiger partial charge is 0.230 e. The number of aliphatic carboxylic acids is 1. The van der Waals surface area contributed by atoms with Gasteiger partial charge in [0.25, 0.3) is 0 Å². The minimum atomic E-state index is -1.21. The molecule has 106 valence electrons. The van der Waals surface area contributed by atoms with Crippen LogP contribution in [0.2, 0.25) is 5.02 Å². The van der Waals surface area contributed by atoms with Crippen molar-refractivity contribution in [2.24, 2.45) is 11.8 Å². The third-order valence-electron chi connectivity index (χ3n) is 3.96. The zero-order valence-electron chi connectivity index (χ0n) is 10.5. The number of carboxylic acid groups (broad SMARTS) is 1. The minimum Gasteiger partial charge on any atom is -0.550 e. The van der Waals surface area contributed by atoms with Crippen LogP contribution in [0.25, 0.3) is 0 Å². The number of ether oxygens (including phenoxy) is 1. The lowest BCUT2D eigenvalue weighted by Gasteiger charge is -2.27. The molecule has 2 saturated heterocycles. The summed E-state index contributed by atoms with van der Waals surface area (Å²) in [5.41, 5.74) is 0.583. The number of carbonyl (C=O) groups is 2. The molecule has 2 heterocycles. The summed E-state index contributed by atoms with van der Waals surface area (Å²) in [7, 11) is 0. The van der Waals surface area contributed by atoms with E-state index < -0.39 is 23.9 Å². The first kappa shape index (κ1) is 13.4. The van der Waals surface area contributed by atoms with E-state index in [1.54, 1.807) is 24.3 Å². The van der Waals surface area contributed by atoms with Gasteiger partial charge in [-0.15, -0.1) is 0 Å². The molecule has 6 heteroatoms. The van der Waals surface area contributed by atoms with Crippen molar-refractivity contribution in [2.45, 2.75) is 25.0 Å². The lowest BCUT2D eigenvalue weighted by Crippen LogP contribution is -2.46. The Labute approximate surface area is 120 Å². The predicted molar refractivity (Wildman–Crippen MR) is 70.0 cm³/mol. The first-order valence-corrected chi connectivity index (χ1v) is 6.87. The highest BCUT2D eigenvalue weighted by atomic mass is 35.5. The van der Waals surface area contributed by atoms with Gasteiger partial charge < -0.3 is 20.0 Å². The monoisotopic (exact) mass is 294 g/mol. The molecule has 2 aliphatic heterocycles. The standard InChI is InChI=1S/C14H14ClNO4/c15-7-1-3-8(4-2-7)16-13(17)11-9-5-6-10(20-9)12(11)14(18)19/h1-4,9-12H,5-6H2,(H,16,17)(H,18,19)/p-1/t9-,10+,11-,12+/m1/s1. The van der Waals surface area contributed by atoms with E-state index in [1.807, 2.05) is 0 Å². The van der Waals surface area contributed by atoms with Gasteiger partial charge >= 0.3 is 0 Å². The first-order valence-electron chi connectivity index (χ1n) is 6.49. The van der Waals surface area contributed by atoms with Crippen molar-refractivity contribution in [2.75, 3.05) is 5.32 Å². The van der Waals surface area contributed by atoms with Crippen molar-refractivity contribution >= 4 is 29.2 Å². The zero-order valence-corrected chi connectivity index (χ0v) is 11.3. The quantitative estimate of drug-likeness (QED) is 0.895. The molecule has 0 unspecified atom stereocenters. The molecule has 2 fully saturated rings. The van der Waals surface area contributed by atoms with Crippen molar-refractivity contribution in [1.29, 1.82) is 0 Å². The van der Waals surface area contributed by atoms with Gasteiger partial charge in [0, 0.05) is 22.6 Å². The Balaban J connectivity index is 1.76. The van der Waals surface area contributed by atoms with Gasteiger partial charge in [-0.1, -0.05) is 11.6 Å². The number of halogens is 1. The number of benzene rings is 1. The number of hydrogen-bond acceptors (Lipinski definition) is 4. The predicted octanol–water partition coefficient (Wildman–Crippen LogP) is 0.822.